The average Bonchev–Trinajstić information content (AvgIpc) is 2.71. The predicted octanol–water partition coefficient (Wildman–Crippen LogP) is 4.26. The first-order valence-corrected chi connectivity index (χ1v) is 9.40. The molecule has 2 aromatic carbocycles. The second-order valence-electron chi connectivity index (χ2n) is 7.15. The molecule has 0 amide bonds. The summed E-state index contributed by atoms with van der Waals surface area (Å²) in [5.74, 6) is 1.51. The number of ether oxygens (including phenoxy) is 1. The lowest BCUT2D eigenvalue weighted by molar-refractivity contribution is 0.247. The lowest BCUT2D eigenvalue weighted by Gasteiger charge is -2.26. The van der Waals surface area contributed by atoms with Crippen LogP contribution in [0, 0.1) is 13.8 Å². The van der Waals surface area contributed by atoms with Crippen molar-refractivity contribution in [3.63, 3.8) is 0 Å². The molecule has 1 aromatic heterocycles. The molecule has 1 N–H and O–H groups in total. The fourth-order valence-corrected chi connectivity index (χ4v) is 3.22. The molecule has 28 heavy (non-hydrogen) atoms. The van der Waals surface area contributed by atoms with Crippen LogP contribution in [0.25, 0.3) is 11.4 Å². The summed E-state index contributed by atoms with van der Waals surface area (Å²) in [4.78, 5) is 21.6. The molecule has 0 saturated heterocycles. The molecule has 0 bridgehead atoms. The molecule has 0 saturated carbocycles. The number of hydrogen-bond acceptors (Lipinski definition) is 4. The first-order valence-electron chi connectivity index (χ1n) is 9.40. The Kier molecular flexibility index (Phi) is 5.95. The van der Waals surface area contributed by atoms with Gasteiger partial charge in [-0.1, -0.05) is 42.5 Å². The fourth-order valence-electron chi connectivity index (χ4n) is 3.22. The lowest BCUT2D eigenvalue weighted by Crippen LogP contribution is -2.22. The number of hydrogen-bond donors (Lipinski definition) is 1. The standard InChI is InChI=1S/C23H27N3O2/c1-15-16(2)24-22(25-23(15)27)19-12-10-18(11-13-19)14-26(4)17(3)20-8-6-7-9-21(20)28-5/h6-13,17H,14H2,1-5H3,(H,24,25,27). The third-order valence-electron chi connectivity index (χ3n) is 5.30. The summed E-state index contributed by atoms with van der Waals surface area (Å²) in [6.07, 6.45) is 0. The van der Waals surface area contributed by atoms with E-state index in [9.17, 15) is 4.79 Å². The number of benzene rings is 2. The van der Waals surface area contributed by atoms with Crippen LogP contribution in [-0.4, -0.2) is 29.0 Å². The van der Waals surface area contributed by atoms with Crippen LogP contribution >= 0.6 is 0 Å². The summed E-state index contributed by atoms with van der Waals surface area (Å²) in [5.41, 5.74) is 4.60. The van der Waals surface area contributed by atoms with Crippen molar-refractivity contribution in [1.29, 1.82) is 0 Å². The molecule has 1 heterocycles. The maximum atomic E-state index is 12.0. The van der Waals surface area contributed by atoms with Crippen LogP contribution in [0.3, 0.4) is 0 Å². The van der Waals surface area contributed by atoms with E-state index in [1.807, 2.05) is 37.3 Å². The van der Waals surface area contributed by atoms with Crippen molar-refractivity contribution in [3.05, 3.63) is 81.3 Å². The highest BCUT2D eigenvalue weighted by Crippen LogP contribution is 2.29. The Hall–Kier alpha value is -2.92. The zero-order valence-corrected chi connectivity index (χ0v) is 17.1. The van der Waals surface area contributed by atoms with E-state index >= 15 is 0 Å². The van der Waals surface area contributed by atoms with Gasteiger partial charge in [0.05, 0.1) is 7.11 Å². The van der Waals surface area contributed by atoms with E-state index in [-0.39, 0.29) is 11.6 Å². The number of aromatic amines is 1. The van der Waals surface area contributed by atoms with Crippen molar-refractivity contribution in [2.24, 2.45) is 0 Å². The van der Waals surface area contributed by atoms with Crippen LogP contribution in [0.15, 0.2) is 53.3 Å². The molecule has 0 aliphatic rings. The molecular formula is C23H27N3O2. The van der Waals surface area contributed by atoms with Gasteiger partial charge in [0, 0.05) is 35.0 Å². The Labute approximate surface area is 166 Å². The summed E-state index contributed by atoms with van der Waals surface area (Å²) in [6.45, 7) is 6.62. The molecule has 0 aliphatic heterocycles. The van der Waals surface area contributed by atoms with Gasteiger partial charge in [0.15, 0.2) is 0 Å². The monoisotopic (exact) mass is 377 g/mol. The van der Waals surface area contributed by atoms with E-state index in [1.165, 1.54) is 11.1 Å². The lowest BCUT2D eigenvalue weighted by atomic mass is 10.0. The summed E-state index contributed by atoms with van der Waals surface area (Å²) in [7, 11) is 3.81. The molecule has 0 aliphatic carbocycles. The van der Waals surface area contributed by atoms with Crippen LogP contribution in [0.2, 0.25) is 0 Å². The average molecular weight is 377 g/mol. The highest BCUT2D eigenvalue weighted by Gasteiger charge is 2.16. The molecule has 3 rings (SSSR count). The molecule has 146 valence electrons. The summed E-state index contributed by atoms with van der Waals surface area (Å²) in [5, 5.41) is 0. The second-order valence-corrected chi connectivity index (χ2v) is 7.15. The van der Waals surface area contributed by atoms with Gasteiger partial charge in [-0.05, 0) is 39.4 Å². The van der Waals surface area contributed by atoms with Crippen molar-refractivity contribution in [2.75, 3.05) is 14.2 Å². The van der Waals surface area contributed by atoms with Gasteiger partial charge in [-0.15, -0.1) is 0 Å². The smallest absolute Gasteiger partial charge is 0.254 e. The van der Waals surface area contributed by atoms with Crippen molar-refractivity contribution in [2.45, 2.75) is 33.4 Å². The highest BCUT2D eigenvalue weighted by atomic mass is 16.5. The Morgan fingerprint density at radius 3 is 2.43 bits per heavy atom. The number of H-pyrrole nitrogens is 1. The Balaban J connectivity index is 1.76. The third-order valence-corrected chi connectivity index (χ3v) is 5.30. The van der Waals surface area contributed by atoms with E-state index in [0.717, 1.165) is 23.6 Å². The Bertz CT molecular complexity index is 1010. The van der Waals surface area contributed by atoms with E-state index in [1.54, 1.807) is 14.0 Å². The normalized spacial score (nSPS) is 12.2. The number of rotatable bonds is 6. The number of para-hydroxylation sites is 1. The van der Waals surface area contributed by atoms with Crippen LogP contribution in [0.4, 0.5) is 0 Å². The van der Waals surface area contributed by atoms with Gasteiger partial charge in [0.2, 0.25) is 0 Å². The maximum Gasteiger partial charge on any atom is 0.254 e. The first kappa shape index (κ1) is 19.8. The van der Waals surface area contributed by atoms with Crippen LogP contribution < -0.4 is 10.3 Å². The van der Waals surface area contributed by atoms with Crippen molar-refractivity contribution in [1.82, 2.24) is 14.9 Å². The SMILES string of the molecule is COc1ccccc1C(C)N(C)Cc1ccc(-c2nc(C)c(C)c(=O)[nH]2)cc1. The summed E-state index contributed by atoms with van der Waals surface area (Å²) >= 11 is 0. The number of methoxy groups -OCH3 is 1. The molecule has 5 heteroatoms. The highest BCUT2D eigenvalue weighted by molar-refractivity contribution is 5.55. The van der Waals surface area contributed by atoms with Crippen molar-refractivity contribution >= 4 is 0 Å². The number of aryl methyl sites for hydroxylation is 1. The minimum absolute atomic E-state index is 0.0862. The number of nitrogens with one attached hydrogen (secondary N) is 1. The maximum absolute atomic E-state index is 12.0. The zero-order chi connectivity index (χ0) is 20.3. The van der Waals surface area contributed by atoms with Crippen LogP contribution in [0.5, 0.6) is 5.75 Å². The van der Waals surface area contributed by atoms with Gasteiger partial charge in [-0.3, -0.25) is 9.69 Å². The van der Waals surface area contributed by atoms with Gasteiger partial charge >= 0.3 is 0 Å². The van der Waals surface area contributed by atoms with Gasteiger partial charge in [-0.25, -0.2) is 4.98 Å². The van der Waals surface area contributed by atoms with Gasteiger partial charge in [-0.2, -0.15) is 0 Å². The van der Waals surface area contributed by atoms with Gasteiger partial charge in [0.1, 0.15) is 11.6 Å². The first-order chi connectivity index (χ1) is 13.4. The van der Waals surface area contributed by atoms with Crippen LogP contribution in [0.1, 0.15) is 35.3 Å². The molecule has 5 nitrogen and oxygen atoms in total. The van der Waals surface area contributed by atoms with Crippen molar-refractivity contribution < 1.29 is 4.74 Å². The molecule has 1 atom stereocenters. The minimum Gasteiger partial charge on any atom is -0.496 e. The van der Waals surface area contributed by atoms with Crippen molar-refractivity contribution in [3.8, 4) is 17.1 Å². The molecule has 0 fully saturated rings. The van der Waals surface area contributed by atoms with E-state index < -0.39 is 0 Å². The van der Waals surface area contributed by atoms with E-state index in [2.05, 4.69) is 47.0 Å². The zero-order valence-electron chi connectivity index (χ0n) is 17.1. The Morgan fingerprint density at radius 2 is 1.79 bits per heavy atom. The van der Waals surface area contributed by atoms with Gasteiger partial charge in [0.25, 0.3) is 5.56 Å². The van der Waals surface area contributed by atoms with Gasteiger partial charge < -0.3 is 9.72 Å². The van der Waals surface area contributed by atoms with Crippen LogP contribution in [-0.2, 0) is 6.54 Å². The Morgan fingerprint density at radius 1 is 1.11 bits per heavy atom. The molecule has 0 radical (unpaired) electrons. The molecular weight excluding hydrogens is 350 g/mol. The summed E-state index contributed by atoms with van der Waals surface area (Å²) in [6, 6.07) is 16.5. The quantitative estimate of drug-likeness (QED) is 0.697. The third kappa shape index (κ3) is 4.15. The fraction of sp³-hybridized carbons (Fsp3) is 0.304. The topological polar surface area (TPSA) is 58.2 Å². The number of aromatic nitrogens is 2. The van der Waals surface area contributed by atoms with E-state index in [0.29, 0.717) is 11.4 Å². The second kappa shape index (κ2) is 8.40. The molecule has 1 unspecified atom stereocenters. The molecule has 0 spiro atoms. The number of nitrogens with zero attached hydrogens (tertiary/aromatic N) is 2. The predicted molar refractivity (Wildman–Crippen MR) is 113 cm³/mol. The summed E-state index contributed by atoms with van der Waals surface area (Å²) < 4.78 is 5.50. The largest absolute Gasteiger partial charge is 0.496 e. The van der Waals surface area contributed by atoms with E-state index in [4.69, 9.17) is 4.74 Å². The molecule has 3 aromatic rings. The minimum atomic E-state index is -0.0862.